The molecule has 0 aliphatic heterocycles. The molecule has 1 aromatic carbocycles. The van der Waals surface area contributed by atoms with Crippen molar-refractivity contribution in [1.29, 1.82) is 0 Å². The van der Waals surface area contributed by atoms with E-state index < -0.39 is 0 Å². The Hall–Kier alpha value is -1.94. The molecule has 2 N–H and O–H groups in total. The Balaban J connectivity index is 2.41. The molecule has 1 heterocycles. The number of nitrogens with two attached hydrogens (primary N) is 1. The van der Waals surface area contributed by atoms with Crippen LogP contribution < -0.4 is 10.5 Å². The van der Waals surface area contributed by atoms with Gasteiger partial charge in [0, 0.05) is 12.1 Å². The van der Waals surface area contributed by atoms with Crippen LogP contribution in [-0.2, 0) is 6.54 Å². The van der Waals surface area contributed by atoms with Gasteiger partial charge < -0.3 is 10.5 Å². The first-order chi connectivity index (χ1) is 9.02. The van der Waals surface area contributed by atoms with Crippen molar-refractivity contribution >= 4 is 0 Å². The summed E-state index contributed by atoms with van der Waals surface area (Å²) in [5.74, 6) is 1.29. The summed E-state index contributed by atoms with van der Waals surface area (Å²) in [4.78, 5) is 0. The molecule has 0 fully saturated rings. The van der Waals surface area contributed by atoms with Gasteiger partial charge in [-0.2, -0.15) is 5.10 Å². The third-order valence-corrected chi connectivity index (χ3v) is 3.29. The van der Waals surface area contributed by atoms with Crippen molar-refractivity contribution in [2.24, 2.45) is 5.73 Å². The van der Waals surface area contributed by atoms with E-state index in [1.807, 2.05) is 32.9 Å². The highest BCUT2D eigenvalue weighted by Gasteiger charge is 2.12. The van der Waals surface area contributed by atoms with E-state index in [0.29, 0.717) is 12.4 Å². The molecule has 2 rings (SSSR count). The minimum Gasteiger partial charge on any atom is -0.437 e. The van der Waals surface area contributed by atoms with Gasteiger partial charge >= 0.3 is 0 Å². The van der Waals surface area contributed by atoms with Crippen LogP contribution in [-0.4, -0.2) is 10.2 Å². The molecule has 2 aromatic rings. The van der Waals surface area contributed by atoms with Crippen molar-refractivity contribution in [3.05, 3.63) is 46.1 Å². The molecule has 0 aliphatic carbocycles. The molecule has 0 aliphatic rings. The Morgan fingerprint density at radius 2 is 1.84 bits per heavy atom. The van der Waals surface area contributed by atoms with Crippen LogP contribution in [0.2, 0.25) is 0 Å². The zero-order valence-corrected chi connectivity index (χ0v) is 11.8. The van der Waals surface area contributed by atoms with E-state index in [0.717, 1.165) is 28.1 Å². The van der Waals surface area contributed by atoms with Crippen LogP contribution in [0.25, 0.3) is 0 Å². The minimum atomic E-state index is 0.391. The molecule has 0 spiro atoms. The number of ether oxygens (including phenoxy) is 1. The fourth-order valence-corrected chi connectivity index (χ4v) is 1.97. The lowest BCUT2D eigenvalue weighted by molar-refractivity contribution is 0.443. The number of aryl methyl sites for hydroxylation is 3. The zero-order valence-electron chi connectivity index (χ0n) is 11.8. The second kappa shape index (κ2) is 5.36. The molecular formula is C15H19N3O. The number of nitrogens with zero attached hydrogens (tertiary/aromatic N) is 2. The topological polar surface area (TPSA) is 61.0 Å². The van der Waals surface area contributed by atoms with Crippen molar-refractivity contribution in [3.63, 3.8) is 0 Å². The maximum absolute atomic E-state index is 5.87. The first-order valence-electron chi connectivity index (χ1n) is 6.31. The van der Waals surface area contributed by atoms with Crippen LogP contribution in [0.1, 0.15) is 27.9 Å². The molecule has 4 nitrogen and oxygen atoms in total. The number of benzene rings is 1. The average Bonchev–Trinajstić information content (AvgIpc) is 2.37. The summed E-state index contributed by atoms with van der Waals surface area (Å²) in [6, 6.07) is 6.03. The maximum Gasteiger partial charge on any atom is 0.243 e. The van der Waals surface area contributed by atoms with Gasteiger partial charge in [-0.3, -0.25) is 0 Å². The third-order valence-electron chi connectivity index (χ3n) is 3.29. The summed E-state index contributed by atoms with van der Waals surface area (Å²) in [5.41, 5.74) is 10.9. The van der Waals surface area contributed by atoms with Crippen LogP contribution in [0.5, 0.6) is 11.6 Å². The molecule has 0 bridgehead atoms. The van der Waals surface area contributed by atoms with Crippen molar-refractivity contribution in [2.45, 2.75) is 34.2 Å². The number of hydrogen-bond acceptors (Lipinski definition) is 4. The van der Waals surface area contributed by atoms with Crippen LogP contribution in [0, 0.1) is 27.7 Å². The van der Waals surface area contributed by atoms with Crippen LogP contribution >= 0.6 is 0 Å². The SMILES string of the molecule is Cc1ccc(Oc2nnc(C)c(C)c2CN)c(C)c1. The molecule has 1 aromatic heterocycles. The van der Waals surface area contributed by atoms with E-state index in [-0.39, 0.29) is 0 Å². The van der Waals surface area contributed by atoms with E-state index in [2.05, 4.69) is 23.2 Å². The Morgan fingerprint density at radius 1 is 1.11 bits per heavy atom. The maximum atomic E-state index is 5.87. The van der Waals surface area contributed by atoms with Gasteiger partial charge in [-0.15, -0.1) is 5.10 Å². The standard InChI is InChI=1S/C15H19N3O/c1-9-5-6-14(10(2)7-9)19-15-13(8-16)11(3)12(4)17-18-15/h5-7H,8,16H2,1-4H3. The van der Waals surface area contributed by atoms with Gasteiger partial charge in [0.1, 0.15) is 5.75 Å². The van der Waals surface area contributed by atoms with Crippen molar-refractivity contribution in [3.8, 4) is 11.6 Å². The Bertz CT molecular complexity index is 609. The quantitative estimate of drug-likeness (QED) is 0.918. The Labute approximate surface area is 113 Å². The Morgan fingerprint density at radius 3 is 2.47 bits per heavy atom. The second-order valence-electron chi connectivity index (χ2n) is 4.77. The second-order valence-corrected chi connectivity index (χ2v) is 4.77. The van der Waals surface area contributed by atoms with E-state index >= 15 is 0 Å². The molecule has 100 valence electrons. The number of aromatic nitrogens is 2. The molecule has 0 amide bonds. The van der Waals surface area contributed by atoms with Gasteiger partial charge in [0.05, 0.1) is 5.69 Å². The average molecular weight is 257 g/mol. The van der Waals surface area contributed by atoms with Gasteiger partial charge in [-0.05, 0) is 44.9 Å². The molecule has 0 radical (unpaired) electrons. The summed E-state index contributed by atoms with van der Waals surface area (Å²) in [6.07, 6.45) is 0. The summed E-state index contributed by atoms with van der Waals surface area (Å²) in [6.45, 7) is 8.36. The zero-order chi connectivity index (χ0) is 14.0. The number of hydrogen-bond donors (Lipinski definition) is 1. The fraction of sp³-hybridized carbons (Fsp3) is 0.333. The van der Waals surface area contributed by atoms with E-state index in [4.69, 9.17) is 10.5 Å². The molecule has 0 saturated carbocycles. The molecule has 0 unspecified atom stereocenters. The normalized spacial score (nSPS) is 10.6. The smallest absolute Gasteiger partial charge is 0.243 e. The van der Waals surface area contributed by atoms with Gasteiger partial charge in [0.2, 0.25) is 5.88 Å². The van der Waals surface area contributed by atoms with Crippen LogP contribution in [0.15, 0.2) is 18.2 Å². The van der Waals surface area contributed by atoms with Gasteiger partial charge in [0.15, 0.2) is 0 Å². The first kappa shape index (κ1) is 13.5. The predicted octanol–water partition coefficient (Wildman–Crippen LogP) is 2.96. The van der Waals surface area contributed by atoms with Crippen molar-refractivity contribution in [2.75, 3.05) is 0 Å². The highest BCUT2D eigenvalue weighted by Crippen LogP contribution is 2.28. The minimum absolute atomic E-state index is 0.391. The van der Waals surface area contributed by atoms with E-state index in [9.17, 15) is 0 Å². The lowest BCUT2D eigenvalue weighted by Crippen LogP contribution is -2.07. The fourth-order valence-electron chi connectivity index (χ4n) is 1.97. The van der Waals surface area contributed by atoms with Gasteiger partial charge in [-0.25, -0.2) is 0 Å². The molecule has 0 saturated heterocycles. The summed E-state index contributed by atoms with van der Waals surface area (Å²) < 4.78 is 5.87. The largest absolute Gasteiger partial charge is 0.437 e. The summed E-state index contributed by atoms with van der Waals surface area (Å²) >= 11 is 0. The molecule has 0 atom stereocenters. The van der Waals surface area contributed by atoms with Crippen LogP contribution in [0.3, 0.4) is 0 Å². The van der Waals surface area contributed by atoms with Crippen LogP contribution in [0.4, 0.5) is 0 Å². The van der Waals surface area contributed by atoms with E-state index in [1.165, 1.54) is 5.56 Å². The summed E-state index contributed by atoms with van der Waals surface area (Å²) in [5, 5.41) is 8.22. The highest BCUT2D eigenvalue weighted by molar-refractivity contribution is 5.41. The summed E-state index contributed by atoms with van der Waals surface area (Å²) in [7, 11) is 0. The van der Waals surface area contributed by atoms with E-state index in [1.54, 1.807) is 0 Å². The van der Waals surface area contributed by atoms with Crippen molar-refractivity contribution < 1.29 is 4.74 Å². The Kier molecular flexibility index (Phi) is 3.81. The molecular weight excluding hydrogens is 238 g/mol. The monoisotopic (exact) mass is 257 g/mol. The number of rotatable bonds is 3. The molecule has 4 heteroatoms. The first-order valence-corrected chi connectivity index (χ1v) is 6.31. The lowest BCUT2D eigenvalue weighted by Gasteiger charge is -2.13. The van der Waals surface area contributed by atoms with Gasteiger partial charge in [-0.1, -0.05) is 17.7 Å². The lowest BCUT2D eigenvalue weighted by atomic mass is 10.1. The highest BCUT2D eigenvalue weighted by atomic mass is 16.5. The van der Waals surface area contributed by atoms with Gasteiger partial charge in [0.25, 0.3) is 0 Å². The third kappa shape index (κ3) is 2.74. The molecule has 19 heavy (non-hydrogen) atoms. The predicted molar refractivity (Wildman–Crippen MR) is 75.4 cm³/mol. The van der Waals surface area contributed by atoms with Crippen molar-refractivity contribution in [1.82, 2.24) is 10.2 Å².